The number of carbonyl (C=O) groups excluding carboxylic acids is 1. The highest BCUT2D eigenvalue weighted by atomic mass is 16.4. The molecule has 0 aliphatic heterocycles. The van der Waals surface area contributed by atoms with Gasteiger partial charge in [-0.25, -0.2) is 9.59 Å². The van der Waals surface area contributed by atoms with E-state index in [1.165, 1.54) is 6.20 Å². The number of anilines is 1. The number of nitrogens with zero attached hydrogens (tertiary/aromatic N) is 1. The molecule has 114 valence electrons. The van der Waals surface area contributed by atoms with Crippen molar-refractivity contribution >= 4 is 23.7 Å². The van der Waals surface area contributed by atoms with Gasteiger partial charge in [-0.15, -0.1) is 0 Å². The summed E-state index contributed by atoms with van der Waals surface area (Å²) >= 11 is 0. The zero-order chi connectivity index (χ0) is 15.8. The number of aryl methyl sites for hydroxylation is 1. The highest BCUT2D eigenvalue weighted by Crippen LogP contribution is 2.06. The Morgan fingerprint density at radius 3 is 2.52 bits per heavy atom. The first kappa shape index (κ1) is 16.4. The van der Waals surface area contributed by atoms with Crippen molar-refractivity contribution in [3.05, 3.63) is 24.0 Å². The predicted molar refractivity (Wildman–Crippen MR) is 74.0 cm³/mol. The van der Waals surface area contributed by atoms with Gasteiger partial charge in [0.15, 0.2) is 0 Å². The van der Waals surface area contributed by atoms with Crippen LogP contribution in [0, 0.1) is 6.92 Å². The second-order valence-electron chi connectivity index (χ2n) is 4.46. The van der Waals surface area contributed by atoms with Crippen LogP contribution in [0.25, 0.3) is 0 Å². The van der Waals surface area contributed by atoms with Gasteiger partial charge in [0, 0.05) is 12.1 Å². The maximum absolute atomic E-state index is 11.7. The molecule has 2 amide bonds. The number of hydrogen-bond donors (Lipinski definition) is 4. The van der Waals surface area contributed by atoms with Crippen molar-refractivity contribution in [1.82, 2.24) is 10.3 Å². The Labute approximate surface area is 121 Å². The Balaban J connectivity index is 2.50. The second-order valence-corrected chi connectivity index (χ2v) is 4.46. The fraction of sp³-hybridized carbons (Fsp3) is 0.385. The fourth-order valence-corrected chi connectivity index (χ4v) is 1.58. The zero-order valence-corrected chi connectivity index (χ0v) is 11.5. The highest BCUT2D eigenvalue weighted by molar-refractivity contribution is 5.92. The van der Waals surface area contributed by atoms with Gasteiger partial charge in [-0.3, -0.25) is 9.78 Å². The zero-order valence-electron chi connectivity index (χ0n) is 11.5. The Bertz CT molecular complexity index is 515. The molecule has 0 fully saturated rings. The third-order valence-corrected chi connectivity index (χ3v) is 2.66. The van der Waals surface area contributed by atoms with Crippen LogP contribution in [0.1, 0.15) is 25.0 Å². The standard InChI is InChI=1S/C13H17N3O5/c1-8-5-6-9(7-14-8)15-13(21)16-10(12(19)20)3-2-4-11(17)18/h5-7,10H,2-4H2,1H3,(H,17,18)(H,19,20)(H2,15,16,21)/t10-/m1/s1. The van der Waals surface area contributed by atoms with Gasteiger partial charge < -0.3 is 20.8 Å². The van der Waals surface area contributed by atoms with Crippen molar-refractivity contribution in [1.29, 1.82) is 0 Å². The number of aromatic nitrogens is 1. The molecular weight excluding hydrogens is 278 g/mol. The average Bonchev–Trinajstić information content (AvgIpc) is 2.39. The van der Waals surface area contributed by atoms with Gasteiger partial charge in [0.1, 0.15) is 6.04 Å². The van der Waals surface area contributed by atoms with E-state index >= 15 is 0 Å². The summed E-state index contributed by atoms with van der Waals surface area (Å²) in [6.07, 6.45) is 1.52. The van der Waals surface area contributed by atoms with Crippen LogP contribution >= 0.6 is 0 Å². The summed E-state index contributed by atoms with van der Waals surface area (Å²) in [5.41, 5.74) is 1.23. The molecule has 0 saturated carbocycles. The number of amides is 2. The van der Waals surface area contributed by atoms with Gasteiger partial charge >= 0.3 is 18.0 Å². The van der Waals surface area contributed by atoms with Crippen LogP contribution in [0.3, 0.4) is 0 Å². The number of aliphatic carboxylic acids is 2. The maximum atomic E-state index is 11.7. The molecule has 0 aliphatic carbocycles. The molecule has 0 aliphatic rings. The molecule has 8 heteroatoms. The quantitative estimate of drug-likeness (QED) is 0.598. The van der Waals surface area contributed by atoms with Gasteiger partial charge in [-0.1, -0.05) is 0 Å². The lowest BCUT2D eigenvalue weighted by atomic mass is 10.1. The van der Waals surface area contributed by atoms with Gasteiger partial charge in [-0.2, -0.15) is 0 Å². The van der Waals surface area contributed by atoms with Gasteiger partial charge in [0.2, 0.25) is 0 Å². The van der Waals surface area contributed by atoms with Crippen molar-refractivity contribution in [2.24, 2.45) is 0 Å². The number of rotatable bonds is 7. The molecular formula is C13H17N3O5. The molecule has 0 spiro atoms. The molecule has 0 saturated heterocycles. The summed E-state index contributed by atoms with van der Waals surface area (Å²) in [5, 5.41) is 22.2. The second kappa shape index (κ2) is 7.83. The molecule has 0 aromatic carbocycles. The van der Waals surface area contributed by atoms with E-state index in [0.29, 0.717) is 5.69 Å². The van der Waals surface area contributed by atoms with E-state index in [4.69, 9.17) is 10.2 Å². The minimum atomic E-state index is -1.21. The van der Waals surface area contributed by atoms with Crippen molar-refractivity contribution in [2.75, 3.05) is 5.32 Å². The largest absolute Gasteiger partial charge is 0.481 e. The van der Waals surface area contributed by atoms with Crippen LogP contribution in [0.4, 0.5) is 10.5 Å². The van der Waals surface area contributed by atoms with E-state index in [-0.39, 0.29) is 19.3 Å². The smallest absolute Gasteiger partial charge is 0.326 e. The van der Waals surface area contributed by atoms with Crippen molar-refractivity contribution < 1.29 is 24.6 Å². The Morgan fingerprint density at radius 1 is 1.29 bits per heavy atom. The summed E-state index contributed by atoms with van der Waals surface area (Å²) in [5.74, 6) is -2.22. The van der Waals surface area contributed by atoms with Crippen LogP contribution in [-0.2, 0) is 9.59 Å². The topological polar surface area (TPSA) is 129 Å². The Morgan fingerprint density at radius 2 is 2.00 bits per heavy atom. The SMILES string of the molecule is Cc1ccc(NC(=O)N[C@H](CCCC(=O)O)C(=O)O)cn1. The van der Waals surface area contributed by atoms with E-state index in [2.05, 4.69) is 15.6 Å². The molecule has 21 heavy (non-hydrogen) atoms. The molecule has 4 N–H and O–H groups in total. The minimum absolute atomic E-state index is 0.0429. The predicted octanol–water partition coefficient (Wildman–Crippen LogP) is 1.22. The van der Waals surface area contributed by atoms with Gasteiger partial charge in [0.25, 0.3) is 0 Å². The molecule has 1 atom stereocenters. The summed E-state index contributed by atoms with van der Waals surface area (Å²) in [6, 6.07) is 1.53. The first-order valence-corrected chi connectivity index (χ1v) is 6.33. The fourth-order valence-electron chi connectivity index (χ4n) is 1.58. The van der Waals surface area contributed by atoms with Gasteiger partial charge in [0.05, 0.1) is 11.9 Å². The first-order chi connectivity index (χ1) is 9.88. The van der Waals surface area contributed by atoms with E-state index in [0.717, 1.165) is 5.69 Å². The summed E-state index contributed by atoms with van der Waals surface area (Å²) in [7, 11) is 0. The van der Waals surface area contributed by atoms with Crippen LogP contribution in [-0.4, -0.2) is 39.2 Å². The average molecular weight is 295 g/mol. The van der Waals surface area contributed by atoms with Gasteiger partial charge in [-0.05, 0) is 31.9 Å². The van der Waals surface area contributed by atoms with E-state index in [1.807, 2.05) is 0 Å². The maximum Gasteiger partial charge on any atom is 0.326 e. The van der Waals surface area contributed by atoms with Crippen LogP contribution in [0.15, 0.2) is 18.3 Å². The Hall–Kier alpha value is -2.64. The van der Waals surface area contributed by atoms with Crippen LogP contribution < -0.4 is 10.6 Å². The molecule has 1 aromatic rings. The number of urea groups is 1. The normalized spacial score (nSPS) is 11.5. The number of carboxylic acids is 2. The molecule has 1 aromatic heterocycles. The van der Waals surface area contributed by atoms with E-state index in [9.17, 15) is 14.4 Å². The monoisotopic (exact) mass is 295 g/mol. The number of nitrogens with one attached hydrogen (secondary N) is 2. The lowest BCUT2D eigenvalue weighted by Crippen LogP contribution is -2.43. The molecule has 1 heterocycles. The summed E-state index contributed by atoms with van der Waals surface area (Å²) in [4.78, 5) is 37.1. The number of carbonyl (C=O) groups is 3. The molecule has 0 unspecified atom stereocenters. The Kier molecular flexibility index (Phi) is 6.12. The molecule has 0 radical (unpaired) electrons. The lowest BCUT2D eigenvalue weighted by Gasteiger charge is -2.14. The van der Waals surface area contributed by atoms with E-state index in [1.54, 1.807) is 19.1 Å². The lowest BCUT2D eigenvalue weighted by molar-refractivity contribution is -0.140. The van der Waals surface area contributed by atoms with Crippen molar-refractivity contribution in [3.8, 4) is 0 Å². The minimum Gasteiger partial charge on any atom is -0.481 e. The number of hydrogen-bond acceptors (Lipinski definition) is 4. The van der Waals surface area contributed by atoms with E-state index < -0.39 is 24.0 Å². The molecule has 1 rings (SSSR count). The van der Waals surface area contributed by atoms with Crippen LogP contribution in [0.2, 0.25) is 0 Å². The number of carboxylic acid groups (broad SMARTS) is 2. The van der Waals surface area contributed by atoms with Crippen molar-refractivity contribution in [3.63, 3.8) is 0 Å². The molecule has 8 nitrogen and oxygen atoms in total. The third-order valence-electron chi connectivity index (χ3n) is 2.66. The van der Waals surface area contributed by atoms with Crippen molar-refractivity contribution in [2.45, 2.75) is 32.2 Å². The number of pyridine rings is 1. The third kappa shape index (κ3) is 6.37. The first-order valence-electron chi connectivity index (χ1n) is 6.33. The highest BCUT2D eigenvalue weighted by Gasteiger charge is 2.20. The molecule has 0 bridgehead atoms. The summed E-state index contributed by atoms with van der Waals surface area (Å²) < 4.78 is 0. The summed E-state index contributed by atoms with van der Waals surface area (Å²) in [6.45, 7) is 1.80. The van der Waals surface area contributed by atoms with Crippen LogP contribution in [0.5, 0.6) is 0 Å².